The van der Waals surface area contributed by atoms with Gasteiger partial charge in [-0.3, -0.25) is 0 Å². The van der Waals surface area contributed by atoms with Crippen molar-refractivity contribution in [2.45, 2.75) is 110 Å². The molecule has 0 heteroatoms. The minimum Gasteiger partial charge on any atom is -0.0804 e. The topological polar surface area (TPSA) is 0 Å². The Labute approximate surface area is 210 Å². The minimum atomic E-state index is 0.779. The summed E-state index contributed by atoms with van der Waals surface area (Å²) in [6, 6.07) is 18.9. The molecule has 0 aliphatic heterocycles. The second kappa shape index (κ2) is 12.8. The standard InChI is InChI=1S/C34H48/c1-4-6-7-8-27-9-13-29(14-10-27)31-17-21-33(22-18-31)34-23-19-32(20-24-34)30-15-11-28(12-16-30)25-26(3)5-2/h15,17-24,26-29H,4-14,16,25H2,1-3H3. The van der Waals surface area contributed by atoms with Gasteiger partial charge in [0.05, 0.1) is 0 Å². The smallest absolute Gasteiger partial charge is 0.0162 e. The van der Waals surface area contributed by atoms with Gasteiger partial charge in [-0.2, -0.15) is 0 Å². The van der Waals surface area contributed by atoms with Crippen molar-refractivity contribution in [3.63, 3.8) is 0 Å². The van der Waals surface area contributed by atoms with Crippen molar-refractivity contribution in [3.8, 4) is 11.1 Å². The maximum Gasteiger partial charge on any atom is -0.0162 e. The van der Waals surface area contributed by atoms with E-state index in [4.69, 9.17) is 0 Å². The Kier molecular flexibility index (Phi) is 9.49. The SMILES string of the molecule is CCCCCC1CCC(c2ccc(-c3ccc(C4=CCC(CC(C)CC)CC4)cc3)cc2)CC1. The second-order valence-electron chi connectivity index (χ2n) is 11.5. The number of rotatable bonds is 10. The number of benzene rings is 2. The Balaban J connectivity index is 1.30. The van der Waals surface area contributed by atoms with Crippen LogP contribution in [0.4, 0.5) is 0 Å². The summed E-state index contributed by atoms with van der Waals surface area (Å²) in [5.41, 5.74) is 7.26. The van der Waals surface area contributed by atoms with E-state index in [1.54, 1.807) is 11.1 Å². The molecule has 2 aliphatic carbocycles. The van der Waals surface area contributed by atoms with E-state index in [-0.39, 0.29) is 0 Å². The van der Waals surface area contributed by atoms with Crippen molar-refractivity contribution >= 4 is 5.57 Å². The van der Waals surface area contributed by atoms with Crippen LogP contribution in [0.2, 0.25) is 0 Å². The predicted octanol–water partition coefficient (Wildman–Crippen LogP) is 10.8. The van der Waals surface area contributed by atoms with Crippen molar-refractivity contribution in [2.24, 2.45) is 17.8 Å². The van der Waals surface area contributed by atoms with E-state index >= 15 is 0 Å². The Hall–Kier alpha value is -1.82. The molecule has 0 bridgehead atoms. The lowest BCUT2D eigenvalue weighted by Gasteiger charge is -2.29. The van der Waals surface area contributed by atoms with Gasteiger partial charge >= 0.3 is 0 Å². The van der Waals surface area contributed by atoms with Crippen LogP contribution in [0, 0.1) is 17.8 Å². The molecule has 0 N–H and O–H groups in total. The molecule has 1 fully saturated rings. The molecule has 0 heterocycles. The molecule has 0 nitrogen and oxygen atoms in total. The van der Waals surface area contributed by atoms with Gasteiger partial charge in [0.15, 0.2) is 0 Å². The lowest BCUT2D eigenvalue weighted by molar-refractivity contribution is 0.303. The number of hydrogen-bond acceptors (Lipinski definition) is 0. The summed E-state index contributed by atoms with van der Waals surface area (Å²) in [4.78, 5) is 0. The number of hydrogen-bond donors (Lipinski definition) is 0. The zero-order valence-electron chi connectivity index (χ0n) is 22.2. The third-order valence-electron chi connectivity index (χ3n) is 8.99. The molecule has 2 aromatic carbocycles. The van der Waals surface area contributed by atoms with Crippen LogP contribution in [0.25, 0.3) is 16.7 Å². The molecule has 34 heavy (non-hydrogen) atoms. The fraction of sp³-hybridized carbons (Fsp3) is 0.588. The van der Waals surface area contributed by atoms with Gasteiger partial charge < -0.3 is 0 Å². The highest BCUT2D eigenvalue weighted by molar-refractivity contribution is 5.71. The van der Waals surface area contributed by atoms with E-state index in [9.17, 15) is 0 Å². The first-order valence-corrected chi connectivity index (χ1v) is 14.6. The highest BCUT2D eigenvalue weighted by atomic mass is 14.3. The highest BCUT2D eigenvalue weighted by Gasteiger charge is 2.22. The van der Waals surface area contributed by atoms with E-state index in [1.807, 2.05) is 0 Å². The molecule has 2 aromatic rings. The summed E-state index contributed by atoms with van der Waals surface area (Å²) in [7, 11) is 0. The minimum absolute atomic E-state index is 0.779. The van der Waals surface area contributed by atoms with Crippen LogP contribution < -0.4 is 0 Å². The van der Waals surface area contributed by atoms with Gasteiger partial charge in [0, 0.05) is 0 Å². The zero-order valence-corrected chi connectivity index (χ0v) is 22.2. The average Bonchev–Trinajstić information content (AvgIpc) is 2.90. The Morgan fingerprint density at radius 3 is 1.97 bits per heavy atom. The van der Waals surface area contributed by atoms with Gasteiger partial charge in [-0.15, -0.1) is 0 Å². The molecule has 0 aromatic heterocycles. The summed E-state index contributed by atoms with van der Waals surface area (Å²) in [5, 5.41) is 0. The first-order valence-electron chi connectivity index (χ1n) is 14.6. The monoisotopic (exact) mass is 456 g/mol. The van der Waals surface area contributed by atoms with E-state index in [0.717, 1.165) is 23.7 Å². The summed E-state index contributed by atoms with van der Waals surface area (Å²) < 4.78 is 0. The molecular formula is C34H48. The molecule has 2 atom stereocenters. The fourth-order valence-electron chi connectivity index (χ4n) is 6.39. The van der Waals surface area contributed by atoms with Gasteiger partial charge in [-0.05, 0) is 103 Å². The maximum absolute atomic E-state index is 2.53. The zero-order chi connectivity index (χ0) is 23.8. The summed E-state index contributed by atoms with van der Waals surface area (Å²) in [5.74, 6) is 3.54. The average molecular weight is 457 g/mol. The van der Waals surface area contributed by atoms with Crippen molar-refractivity contribution in [1.29, 1.82) is 0 Å². The van der Waals surface area contributed by atoms with E-state index in [2.05, 4.69) is 75.4 Å². The van der Waals surface area contributed by atoms with E-state index < -0.39 is 0 Å². The lowest BCUT2D eigenvalue weighted by atomic mass is 9.77. The van der Waals surface area contributed by atoms with Gasteiger partial charge in [-0.1, -0.05) is 107 Å². The number of unbranched alkanes of at least 4 members (excludes halogenated alkanes) is 2. The van der Waals surface area contributed by atoms with Crippen molar-refractivity contribution < 1.29 is 0 Å². The Bertz CT molecular complexity index is 877. The normalized spacial score (nSPS) is 24.0. The largest absolute Gasteiger partial charge is 0.0804 e. The molecule has 0 amide bonds. The molecule has 0 radical (unpaired) electrons. The quantitative estimate of drug-likeness (QED) is 0.312. The van der Waals surface area contributed by atoms with Gasteiger partial charge in [0.1, 0.15) is 0 Å². The molecule has 2 unspecified atom stereocenters. The van der Waals surface area contributed by atoms with Crippen LogP contribution in [0.5, 0.6) is 0 Å². The lowest BCUT2D eigenvalue weighted by Crippen LogP contribution is -2.13. The second-order valence-corrected chi connectivity index (χ2v) is 11.5. The maximum atomic E-state index is 2.53. The van der Waals surface area contributed by atoms with Crippen molar-refractivity contribution in [2.75, 3.05) is 0 Å². The summed E-state index contributed by atoms with van der Waals surface area (Å²) in [6.45, 7) is 7.04. The predicted molar refractivity (Wildman–Crippen MR) is 150 cm³/mol. The van der Waals surface area contributed by atoms with Gasteiger partial charge in [0.25, 0.3) is 0 Å². The van der Waals surface area contributed by atoms with Crippen LogP contribution in [0.15, 0.2) is 54.6 Å². The summed E-state index contributed by atoms with van der Waals surface area (Å²) >= 11 is 0. The van der Waals surface area contributed by atoms with Gasteiger partial charge in [0.2, 0.25) is 0 Å². The van der Waals surface area contributed by atoms with Crippen LogP contribution >= 0.6 is 0 Å². The van der Waals surface area contributed by atoms with E-state index in [0.29, 0.717) is 0 Å². The van der Waals surface area contributed by atoms with Crippen LogP contribution in [0.1, 0.15) is 121 Å². The molecule has 2 aliphatic rings. The fourth-order valence-corrected chi connectivity index (χ4v) is 6.39. The molecular weight excluding hydrogens is 408 g/mol. The van der Waals surface area contributed by atoms with E-state index in [1.165, 1.54) is 100 Å². The Morgan fingerprint density at radius 1 is 0.735 bits per heavy atom. The highest BCUT2D eigenvalue weighted by Crippen LogP contribution is 2.39. The number of allylic oxidation sites excluding steroid dienone is 2. The van der Waals surface area contributed by atoms with Crippen molar-refractivity contribution in [1.82, 2.24) is 0 Å². The summed E-state index contributed by atoms with van der Waals surface area (Å²) in [6.07, 6.45) is 20.4. The molecule has 1 saturated carbocycles. The molecule has 0 saturated heterocycles. The first kappa shape index (κ1) is 25.3. The van der Waals surface area contributed by atoms with Crippen molar-refractivity contribution in [3.05, 3.63) is 65.7 Å². The van der Waals surface area contributed by atoms with Crippen LogP contribution in [-0.4, -0.2) is 0 Å². The van der Waals surface area contributed by atoms with Gasteiger partial charge in [-0.25, -0.2) is 0 Å². The molecule has 0 spiro atoms. The van der Waals surface area contributed by atoms with Crippen LogP contribution in [-0.2, 0) is 0 Å². The Morgan fingerprint density at radius 2 is 1.38 bits per heavy atom. The molecule has 4 rings (SSSR count). The first-order chi connectivity index (χ1) is 16.7. The van der Waals surface area contributed by atoms with Crippen LogP contribution in [0.3, 0.4) is 0 Å². The third kappa shape index (κ3) is 6.87. The molecule has 184 valence electrons. The third-order valence-corrected chi connectivity index (χ3v) is 8.99.